The van der Waals surface area contributed by atoms with E-state index in [9.17, 15) is 19.8 Å². The average Bonchev–Trinajstić information content (AvgIpc) is 2.56. The van der Waals surface area contributed by atoms with E-state index in [1.165, 1.54) is 12.1 Å². The summed E-state index contributed by atoms with van der Waals surface area (Å²) in [6, 6.07) is 4.55. The number of amides is 1. The van der Waals surface area contributed by atoms with Crippen LogP contribution in [0.25, 0.3) is 0 Å². The average molecular weight is 321 g/mol. The Bertz CT molecular complexity index is 572. The molecule has 1 heterocycles. The van der Waals surface area contributed by atoms with Gasteiger partial charge in [0.1, 0.15) is 0 Å². The van der Waals surface area contributed by atoms with E-state index in [2.05, 4.69) is 0 Å². The van der Waals surface area contributed by atoms with Crippen molar-refractivity contribution in [3.63, 3.8) is 0 Å². The Morgan fingerprint density at radius 3 is 2.78 bits per heavy atom. The summed E-state index contributed by atoms with van der Waals surface area (Å²) in [5, 5.41) is 18.7. The first kappa shape index (κ1) is 17.1. The molecule has 0 radical (unpaired) electrons. The lowest BCUT2D eigenvalue weighted by Crippen LogP contribution is -2.42. The third-order valence-corrected chi connectivity index (χ3v) is 4.06. The van der Waals surface area contributed by atoms with E-state index in [-0.39, 0.29) is 29.3 Å². The van der Waals surface area contributed by atoms with Crippen LogP contribution < -0.4 is 0 Å². The lowest BCUT2D eigenvalue weighted by Gasteiger charge is -2.31. The van der Waals surface area contributed by atoms with E-state index in [0.717, 1.165) is 18.4 Å². The van der Waals surface area contributed by atoms with Crippen molar-refractivity contribution in [1.82, 2.24) is 4.90 Å². The van der Waals surface area contributed by atoms with Gasteiger partial charge >= 0.3 is 5.97 Å². The number of esters is 1. The number of hydrogen-bond acceptors (Lipinski definition) is 5. The van der Waals surface area contributed by atoms with Gasteiger partial charge in [0.25, 0.3) is 0 Å². The molecular formula is C17H23NO5. The van der Waals surface area contributed by atoms with Crippen LogP contribution in [0.5, 0.6) is 11.5 Å². The number of piperidine rings is 1. The zero-order chi connectivity index (χ0) is 16.8. The fraction of sp³-hybridized carbons (Fsp3) is 0.529. The van der Waals surface area contributed by atoms with E-state index in [1.54, 1.807) is 17.9 Å². The van der Waals surface area contributed by atoms with Crippen LogP contribution >= 0.6 is 0 Å². The molecule has 1 unspecified atom stereocenters. The second kappa shape index (κ2) is 7.85. The van der Waals surface area contributed by atoms with Gasteiger partial charge in [-0.15, -0.1) is 0 Å². The second-order valence-electron chi connectivity index (χ2n) is 5.75. The number of aromatic hydroxyl groups is 2. The first-order valence-corrected chi connectivity index (χ1v) is 7.96. The van der Waals surface area contributed by atoms with Crippen molar-refractivity contribution >= 4 is 11.9 Å². The molecule has 0 aromatic heterocycles. The molecule has 6 nitrogen and oxygen atoms in total. The summed E-state index contributed by atoms with van der Waals surface area (Å²) < 4.78 is 5.03. The van der Waals surface area contributed by atoms with Crippen LogP contribution in [0.2, 0.25) is 0 Å². The quantitative estimate of drug-likeness (QED) is 0.638. The van der Waals surface area contributed by atoms with Crippen molar-refractivity contribution in [3.8, 4) is 11.5 Å². The first-order chi connectivity index (χ1) is 11.0. The highest BCUT2D eigenvalue weighted by molar-refractivity contribution is 5.78. The molecule has 1 amide bonds. The SMILES string of the molecule is CCOC(=O)C1CCCN(C(=O)CCc2ccc(O)c(O)c2)C1. The maximum Gasteiger partial charge on any atom is 0.310 e. The van der Waals surface area contributed by atoms with Crippen LogP contribution in [-0.4, -0.2) is 46.7 Å². The molecular weight excluding hydrogens is 298 g/mol. The lowest BCUT2D eigenvalue weighted by atomic mass is 9.97. The van der Waals surface area contributed by atoms with Gasteiger partial charge in [-0.25, -0.2) is 0 Å². The summed E-state index contributed by atoms with van der Waals surface area (Å²) in [7, 11) is 0. The first-order valence-electron chi connectivity index (χ1n) is 7.96. The molecule has 2 rings (SSSR count). The van der Waals surface area contributed by atoms with E-state index < -0.39 is 0 Å². The van der Waals surface area contributed by atoms with Crippen LogP contribution in [0.15, 0.2) is 18.2 Å². The van der Waals surface area contributed by atoms with E-state index in [0.29, 0.717) is 32.5 Å². The second-order valence-corrected chi connectivity index (χ2v) is 5.75. The zero-order valence-electron chi connectivity index (χ0n) is 13.3. The number of hydrogen-bond donors (Lipinski definition) is 2. The highest BCUT2D eigenvalue weighted by Gasteiger charge is 2.29. The van der Waals surface area contributed by atoms with Crippen molar-refractivity contribution in [2.24, 2.45) is 5.92 Å². The number of ether oxygens (including phenoxy) is 1. The lowest BCUT2D eigenvalue weighted by molar-refractivity contribution is -0.151. The molecule has 0 aliphatic carbocycles. The Morgan fingerprint density at radius 1 is 1.30 bits per heavy atom. The van der Waals surface area contributed by atoms with E-state index in [4.69, 9.17) is 4.74 Å². The minimum atomic E-state index is -0.231. The molecule has 1 aliphatic heterocycles. The minimum absolute atomic E-state index is 0.00781. The van der Waals surface area contributed by atoms with Crippen LogP contribution in [0.3, 0.4) is 0 Å². The Balaban J connectivity index is 1.87. The summed E-state index contributed by atoms with van der Waals surface area (Å²) in [6.07, 6.45) is 2.34. The van der Waals surface area contributed by atoms with Gasteiger partial charge in [0.05, 0.1) is 12.5 Å². The van der Waals surface area contributed by atoms with Crippen LogP contribution in [0.4, 0.5) is 0 Å². The number of likely N-dealkylation sites (tertiary alicyclic amines) is 1. The fourth-order valence-corrected chi connectivity index (χ4v) is 2.79. The van der Waals surface area contributed by atoms with Crippen molar-refractivity contribution < 1.29 is 24.5 Å². The largest absolute Gasteiger partial charge is 0.504 e. The molecule has 23 heavy (non-hydrogen) atoms. The molecule has 126 valence electrons. The van der Waals surface area contributed by atoms with Gasteiger partial charge in [0.2, 0.25) is 5.91 Å². The molecule has 1 atom stereocenters. The predicted molar refractivity (Wildman–Crippen MR) is 84.0 cm³/mol. The summed E-state index contributed by atoms with van der Waals surface area (Å²) >= 11 is 0. The van der Waals surface area contributed by atoms with Crippen molar-refractivity contribution in [3.05, 3.63) is 23.8 Å². The molecule has 1 aromatic rings. The predicted octanol–water partition coefficient (Wildman–Crippen LogP) is 1.83. The number of aryl methyl sites for hydroxylation is 1. The van der Waals surface area contributed by atoms with Gasteiger partial charge in [-0.3, -0.25) is 9.59 Å². The van der Waals surface area contributed by atoms with E-state index in [1.807, 2.05) is 0 Å². The summed E-state index contributed by atoms with van der Waals surface area (Å²) in [6.45, 7) is 3.21. The van der Waals surface area contributed by atoms with Gasteiger partial charge in [-0.05, 0) is 43.9 Å². The molecule has 2 N–H and O–H groups in total. The summed E-state index contributed by atoms with van der Waals surface area (Å²) in [4.78, 5) is 25.8. The number of carbonyl (C=O) groups is 2. The fourth-order valence-electron chi connectivity index (χ4n) is 2.79. The number of benzene rings is 1. The summed E-state index contributed by atoms with van der Waals surface area (Å²) in [5.74, 6) is -0.825. The third kappa shape index (κ3) is 4.61. The maximum atomic E-state index is 12.3. The Morgan fingerprint density at radius 2 is 2.09 bits per heavy atom. The van der Waals surface area contributed by atoms with Crippen LogP contribution in [-0.2, 0) is 20.7 Å². The monoisotopic (exact) mass is 321 g/mol. The molecule has 0 bridgehead atoms. The van der Waals surface area contributed by atoms with E-state index >= 15 is 0 Å². The standard InChI is InChI=1S/C17H23NO5/c1-2-23-17(22)13-4-3-9-18(11-13)16(21)8-6-12-5-7-14(19)15(20)10-12/h5,7,10,13,19-20H,2-4,6,8-9,11H2,1H3. The summed E-state index contributed by atoms with van der Waals surface area (Å²) in [5.41, 5.74) is 0.785. The Hall–Kier alpha value is -2.24. The van der Waals surface area contributed by atoms with Crippen molar-refractivity contribution in [1.29, 1.82) is 0 Å². The third-order valence-electron chi connectivity index (χ3n) is 4.06. The van der Waals surface area contributed by atoms with Gasteiger partial charge < -0.3 is 19.8 Å². The van der Waals surface area contributed by atoms with Crippen LogP contribution in [0.1, 0.15) is 31.7 Å². The molecule has 0 spiro atoms. The molecule has 1 aromatic carbocycles. The minimum Gasteiger partial charge on any atom is -0.504 e. The molecule has 1 fully saturated rings. The highest BCUT2D eigenvalue weighted by atomic mass is 16.5. The Kier molecular flexibility index (Phi) is 5.84. The van der Waals surface area contributed by atoms with Gasteiger partial charge in [0, 0.05) is 19.5 Å². The van der Waals surface area contributed by atoms with Crippen molar-refractivity contribution in [2.45, 2.75) is 32.6 Å². The smallest absolute Gasteiger partial charge is 0.310 e. The topological polar surface area (TPSA) is 87.1 Å². The number of rotatable bonds is 5. The number of nitrogens with zero attached hydrogens (tertiary/aromatic N) is 1. The molecule has 1 saturated heterocycles. The van der Waals surface area contributed by atoms with Gasteiger partial charge in [-0.2, -0.15) is 0 Å². The Labute approximate surface area is 135 Å². The van der Waals surface area contributed by atoms with Gasteiger partial charge in [0.15, 0.2) is 11.5 Å². The molecule has 6 heteroatoms. The van der Waals surface area contributed by atoms with Gasteiger partial charge in [-0.1, -0.05) is 6.07 Å². The van der Waals surface area contributed by atoms with Crippen molar-refractivity contribution in [2.75, 3.05) is 19.7 Å². The number of phenolic OH excluding ortho intramolecular Hbond substituents is 2. The van der Waals surface area contributed by atoms with Crippen LogP contribution in [0, 0.1) is 5.92 Å². The molecule has 1 aliphatic rings. The number of carbonyl (C=O) groups excluding carboxylic acids is 2. The molecule has 0 saturated carbocycles. The normalized spacial score (nSPS) is 17.8. The maximum absolute atomic E-state index is 12.3. The highest BCUT2D eigenvalue weighted by Crippen LogP contribution is 2.25. The zero-order valence-corrected chi connectivity index (χ0v) is 13.3. The number of phenols is 2.